The van der Waals surface area contributed by atoms with Gasteiger partial charge in [0.05, 0.1) is 0 Å². The molecule has 0 aliphatic carbocycles. The minimum absolute atomic E-state index is 0. The molecule has 128 valence electrons. The molecule has 0 spiro atoms. The van der Waals surface area contributed by atoms with Crippen LogP contribution in [0.4, 0.5) is 0 Å². The van der Waals surface area contributed by atoms with Crippen molar-refractivity contribution in [2.45, 2.75) is 12.8 Å². The number of nitrogens with zero attached hydrogens (tertiary/aromatic N) is 2. The number of carbonyl (C=O) groups is 1. The Morgan fingerprint density at radius 3 is 2.46 bits per heavy atom. The van der Waals surface area contributed by atoms with Crippen molar-refractivity contribution in [1.29, 1.82) is 0 Å². The highest BCUT2D eigenvalue weighted by Crippen LogP contribution is 2.28. The summed E-state index contributed by atoms with van der Waals surface area (Å²) in [6.45, 7) is 3.81. The fourth-order valence-electron chi connectivity index (χ4n) is 3.70. The Hall–Kier alpha value is -1.85. The Bertz CT molecular complexity index is 675. The van der Waals surface area contributed by atoms with E-state index >= 15 is 0 Å². The van der Waals surface area contributed by atoms with Crippen LogP contribution in [0.15, 0.2) is 40.9 Å². The van der Waals surface area contributed by atoms with Crippen LogP contribution in [0.2, 0.25) is 0 Å². The number of likely N-dealkylation sites (tertiary alicyclic amines) is 1. The number of amides is 1. The molecule has 3 heterocycles. The summed E-state index contributed by atoms with van der Waals surface area (Å²) in [7, 11) is 0. The van der Waals surface area contributed by atoms with Gasteiger partial charge in [-0.1, -0.05) is 35.5 Å². The molecular formula is C18H22ClN3O2. The zero-order chi connectivity index (χ0) is 15.6. The minimum atomic E-state index is -0.0103. The van der Waals surface area contributed by atoms with E-state index in [0.29, 0.717) is 23.3 Å². The van der Waals surface area contributed by atoms with E-state index < -0.39 is 0 Å². The van der Waals surface area contributed by atoms with E-state index in [9.17, 15) is 4.79 Å². The van der Waals surface area contributed by atoms with E-state index in [1.165, 1.54) is 0 Å². The molecule has 5 nitrogen and oxygen atoms in total. The Morgan fingerprint density at radius 2 is 1.79 bits per heavy atom. The van der Waals surface area contributed by atoms with Crippen molar-refractivity contribution in [3.05, 3.63) is 42.1 Å². The smallest absolute Gasteiger partial charge is 0.276 e. The van der Waals surface area contributed by atoms with Crippen LogP contribution in [0.3, 0.4) is 0 Å². The number of hydrogen-bond donors (Lipinski definition) is 1. The average Bonchev–Trinajstić information content (AvgIpc) is 3.21. The molecule has 2 aliphatic rings. The maximum Gasteiger partial charge on any atom is 0.276 e. The summed E-state index contributed by atoms with van der Waals surface area (Å²) < 4.78 is 5.36. The third kappa shape index (κ3) is 3.32. The van der Waals surface area contributed by atoms with Crippen LogP contribution < -0.4 is 5.32 Å². The van der Waals surface area contributed by atoms with Gasteiger partial charge >= 0.3 is 0 Å². The lowest BCUT2D eigenvalue weighted by Gasteiger charge is -2.19. The molecule has 1 aromatic carbocycles. The lowest BCUT2D eigenvalue weighted by Crippen LogP contribution is -2.32. The summed E-state index contributed by atoms with van der Waals surface area (Å²) in [5.41, 5.74) is 1.35. The van der Waals surface area contributed by atoms with Gasteiger partial charge in [0.25, 0.3) is 5.91 Å². The molecule has 0 bridgehead atoms. The van der Waals surface area contributed by atoms with Gasteiger partial charge in [0.1, 0.15) is 0 Å². The minimum Gasteiger partial charge on any atom is -0.355 e. The van der Waals surface area contributed by atoms with E-state index in [-0.39, 0.29) is 18.3 Å². The van der Waals surface area contributed by atoms with Gasteiger partial charge in [-0.15, -0.1) is 12.4 Å². The lowest BCUT2D eigenvalue weighted by molar-refractivity contribution is 0.0748. The van der Waals surface area contributed by atoms with Crippen LogP contribution >= 0.6 is 12.4 Å². The third-order valence-electron chi connectivity index (χ3n) is 5.09. The van der Waals surface area contributed by atoms with Crippen molar-refractivity contribution in [2.75, 3.05) is 26.2 Å². The maximum atomic E-state index is 12.7. The van der Waals surface area contributed by atoms with E-state index in [1.807, 2.05) is 35.2 Å². The normalized spacial score (nSPS) is 23.2. The Morgan fingerprint density at radius 1 is 1.12 bits per heavy atom. The van der Waals surface area contributed by atoms with Gasteiger partial charge in [0.15, 0.2) is 11.5 Å². The summed E-state index contributed by atoms with van der Waals surface area (Å²) in [5, 5.41) is 7.45. The highest BCUT2D eigenvalue weighted by Gasteiger charge is 2.32. The second-order valence-corrected chi connectivity index (χ2v) is 6.49. The molecule has 1 amide bonds. The van der Waals surface area contributed by atoms with Crippen molar-refractivity contribution in [3.63, 3.8) is 0 Å². The molecule has 0 unspecified atom stereocenters. The average molecular weight is 348 g/mol. The second kappa shape index (κ2) is 7.36. The zero-order valence-corrected chi connectivity index (χ0v) is 14.3. The van der Waals surface area contributed by atoms with Crippen molar-refractivity contribution >= 4 is 18.3 Å². The number of halogens is 1. The molecule has 2 fully saturated rings. The molecule has 2 atom stereocenters. The number of carbonyl (C=O) groups excluding carboxylic acids is 1. The summed E-state index contributed by atoms with van der Waals surface area (Å²) in [5.74, 6) is 2.06. The van der Waals surface area contributed by atoms with Crippen LogP contribution in [0.25, 0.3) is 11.3 Å². The topological polar surface area (TPSA) is 58.4 Å². The van der Waals surface area contributed by atoms with Crippen molar-refractivity contribution in [2.24, 2.45) is 11.8 Å². The third-order valence-corrected chi connectivity index (χ3v) is 5.09. The lowest BCUT2D eigenvalue weighted by atomic mass is 9.92. The van der Waals surface area contributed by atoms with Crippen molar-refractivity contribution < 1.29 is 9.32 Å². The number of nitrogens with one attached hydrogen (secondary N) is 1. The summed E-state index contributed by atoms with van der Waals surface area (Å²) in [6.07, 6.45) is 2.15. The van der Waals surface area contributed by atoms with Gasteiger partial charge < -0.3 is 14.7 Å². The number of aromatic nitrogens is 1. The van der Waals surface area contributed by atoms with Gasteiger partial charge in [-0.25, -0.2) is 0 Å². The predicted molar refractivity (Wildman–Crippen MR) is 94.2 cm³/mol. The summed E-state index contributed by atoms with van der Waals surface area (Å²) in [6, 6.07) is 11.5. The Kier molecular flexibility index (Phi) is 5.21. The van der Waals surface area contributed by atoms with Crippen LogP contribution in [0.1, 0.15) is 23.3 Å². The van der Waals surface area contributed by atoms with Crippen molar-refractivity contribution in [1.82, 2.24) is 15.4 Å². The highest BCUT2D eigenvalue weighted by molar-refractivity contribution is 5.93. The molecule has 2 aromatic rings. The quantitative estimate of drug-likeness (QED) is 0.907. The first-order valence-corrected chi connectivity index (χ1v) is 8.33. The van der Waals surface area contributed by atoms with Crippen LogP contribution in [0.5, 0.6) is 0 Å². The molecule has 0 radical (unpaired) electrons. The molecule has 2 saturated heterocycles. The monoisotopic (exact) mass is 347 g/mol. The maximum absolute atomic E-state index is 12.7. The highest BCUT2D eigenvalue weighted by atomic mass is 35.5. The largest absolute Gasteiger partial charge is 0.355 e. The van der Waals surface area contributed by atoms with Gasteiger partial charge in [0, 0.05) is 24.7 Å². The predicted octanol–water partition coefficient (Wildman–Crippen LogP) is 2.84. The van der Waals surface area contributed by atoms with E-state index in [2.05, 4.69) is 10.5 Å². The SMILES string of the molecule is Cl.O=C(c1cc(-c2ccccc2)on1)N1CC[C@@H]2CNC[C@@H]2CC1. The molecule has 2 aliphatic heterocycles. The number of rotatable bonds is 2. The Balaban J connectivity index is 0.00000169. The first kappa shape index (κ1) is 17.0. The van der Waals surface area contributed by atoms with Crippen LogP contribution in [-0.4, -0.2) is 42.1 Å². The van der Waals surface area contributed by atoms with Crippen molar-refractivity contribution in [3.8, 4) is 11.3 Å². The van der Waals surface area contributed by atoms with E-state index in [1.54, 1.807) is 6.07 Å². The number of hydrogen-bond acceptors (Lipinski definition) is 4. The van der Waals surface area contributed by atoms with Crippen LogP contribution in [-0.2, 0) is 0 Å². The number of benzene rings is 1. The van der Waals surface area contributed by atoms with Gasteiger partial charge in [-0.05, 0) is 37.8 Å². The molecule has 6 heteroatoms. The zero-order valence-electron chi connectivity index (χ0n) is 13.5. The second-order valence-electron chi connectivity index (χ2n) is 6.49. The first-order chi connectivity index (χ1) is 11.3. The molecule has 1 N–H and O–H groups in total. The summed E-state index contributed by atoms with van der Waals surface area (Å²) in [4.78, 5) is 14.6. The number of fused-ring (bicyclic) bond motifs is 1. The van der Waals surface area contributed by atoms with Gasteiger partial charge in [-0.2, -0.15) is 0 Å². The molecular weight excluding hydrogens is 326 g/mol. The Labute approximate surface area is 147 Å². The standard InChI is InChI=1S/C18H21N3O2.ClH/c22-18(21-8-6-14-11-19-12-15(14)7-9-21)16-10-17(23-20-16)13-4-2-1-3-5-13;/h1-5,10,14-15,19H,6-9,11-12H2;1H/t14-,15+;. The fraction of sp³-hybridized carbons (Fsp3) is 0.444. The molecule has 24 heavy (non-hydrogen) atoms. The van der Waals surface area contributed by atoms with E-state index in [0.717, 1.165) is 44.6 Å². The van der Waals surface area contributed by atoms with Crippen LogP contribution in [0, 0.1) is 11.8 Å². The van der Waals surface area contributed by atoms with E-state index in [4.69, 9.17) is 4.52 Å². The fourth-order valence-corrected chi connectivity index (χ4v) is 3.70. The molecule has 4 rings (SSSR count). The first-order valence-electron chi connectivity index (χ1n) is 8.33. The van der Waals surface area contributed by atoms with Gasteiger partial charge in [-0.3, -0.25) is 4.79 Å². The molecule has 0 saturated carbocycles. The van der Waals surface area contributed by atoms with Gasteiger partial charge in [0.2, 0.25) is 0 Å². The molecule has 1 aromatic heterocycles. The summed E-state index contributed by atoms with van der Waals surface area (Å²) >= 11 is 0.